The van der Waals surface area contributed by atoms with Crippen LogP contribution in [0.5, 0.6) is 5.75 Å². The van der Waals surface area contributed by atoms with Crippen LogP contribution < -0.4 is 11.3 Å². The first kappa shape index (κ1) is 22.7. The Bertz CT molecular complexity index is 1250. The third kappa shape index (κ3) is 4.09. The highest BCUT2D eigenvalue weighted by Gasteiger charge is 2.39. The summed E-state index contributed by atoms with van der Waals surface area (Å²) in [4.78, 5) is 50.2. The van der Waals surface area contributed by atoms with E-state index in [0.717, 1.165) is 4.57 Å². The van der Waals surface area contributed by atoms with Crippen molar-refractivity contribution in [1.82, 2.24) is 24.4 Å². The van der Waals surface area contributed by atoms with Gasteiger partial charge in [0.1, 0.15) is 11.6 Å². The van der Waals surface area contributed by atoms with Crippen LogP contribution in [0.2, 0.25) is 0 Å². The Hall–Kier alpha value is -4.02. The number of nitrogens with two attached hydrogens (primary N) is 1. The van der Waals surface area contributed by atoms with Crippen molar-refractivity contribution in [3.63, 3.8) is 0 Å². The molecule has 0 unspecified atom stereocenters. The van der Waals surface area contributed by atoms with Gasteiger partial charge in [-0.2, -0.15) is 0 Å². The second kappa shape index (κ2) is 8.25. The van der Waals surface area contributed by atoms with E-state index in [1.807, 2.05) is 0 Å². The van der Waals surface area contributed by atoms with Gasteiger partial charge in [-0.3, -0.25) is 19.0 Å². The zero-order valence-electron chi connectivity index (χ0n) is 18.0. The molecule has 0 atom stereocenters. The molecular formula is C21H23FN6O4. The van der Waals surface area contributed by atoms with E-state index in [2.05, 4.69) is 15.0 Å². The zero-order valence-corrected chi connectivity index (χ0v) is 18.0. The maximum Gasteiger partial charge on any atom is 0.296 e. The number of rotatable bonds is 6. The lowest BCUT2D eigenvalue weighted by molar-refractivity contribution is 0.0471. The predicted octanol–water partition coefficient (Wildman–Crippen LogP) is 1.33. The molecular weight excluding hydrogens is 419 g/mol. The summed E-state index contributed by atoms with van der Waals surface area (Å²) in [7, 11) is 1.36. The molecule has 0 aliphatic carbocycles. The Morgan fingerprint density at radius 2 is 1.91 bits per heavy atom. The molecule has 2 aromatic heterocycles. The van der Waals surface area contributed by atoms with Gasteiger partial charge in [-0.15, -0.1) is 0 Å². The van der Waals surface area contributed by atoms with Crippen LogP contribution in [0.15, 0.2) is 35.3 Å². The summed E-state index contributed by atoms with van der Waals surface area (Å²) >= 11 is 0. The number of hydrogen-bond acceptors (Lipinski definition) is 6. The molecule has 11 heteroatoms. The average Bonchev–Trinajstić information content (AvgIpc) is 3.17. The van der Waals surface area contributed by atoms with Crippen molar-refractivity contribution in [2.45, 2.75) is 32.9 Å². The maximum absolute atomic E-state index is 13.4. The lowest BCUT2D eigenvalue weighted by atomic mass is 9.98. The Kier molecular flexibility index (Phi) is 5.84. The van der Waals surface area contributed by atoms with Crippen molar-refractivity contribution in [3.05, 3.63) is 75.2 Å². The molecule has 2 heterocycles. The minimum atomic E-state index is -1.29. The molecule has 168 valence electrons. The highest BCUT2D eigenvalue weighted by molar-refractivity contribution is 5.93. The van der Waals surface area contributed by atoms with Crippen molar-refractivity contribution in [3.8, 4) is 5.75 Å². The molecule has 0 aliphatic rings. The second-order valence-corrected chi connectivity index (χ2v) is 7.85. The fourth-order valence-electron chi connectivity index (χ4n) is 3.37. The number of benzene rings is 1. The first-order valence-corrected chi connectivity index (χ1v) is 9.61. The summed E-state index contributed by atoms with van der Waals surface area (Å²) in [6.07, 6.45) is 1.50. The van der Waals surface area contributed by atoms with Crippen LogP contribution in [0.1, 0.15) is 52.0 Å². The molecule has 3 aromatic rings. The summed E-state index contributed by atoms with van der Waals surface area (Å²) in [5.41, 5.74) is 3.76. The number of aromatic nitrogens is 4. The van der Waals surface area contributed by atoms with Crippen LogP contribution in [0.4, 0.5) is 4.39 Å². The fraction of sp³-hybridized carbons (Fsp3) is 0.286. The monoisotopic (exact) mass is 442 g/mol. The summed E-state index contributed by atoms with van der Waals surface area (Å²) in [6, 6.07) is 5.58. The molecule has 4 N–H and O–H groups in total. The number of aryl methyl sites for hydroxylation is 1. The number of halogens is 1. The number of carbonyl (C=O) groups excluding carboxylic acids is 2. The number of amides is 2. The Morgan fingerprint density at radius 1 is 1.28 bits per heavy atom. The Labute approximate surface area is 182 Å². The molecule has 1 aromatic carbocycles. The molecule has 0 fully saturated rings. The number of carbonyl (C=O) groups is 2. The number of primary amides is 1. The highest BCUT2D eigenvalue weighted by atomic mass is 19.1. The Morgan fingerprint density at radius 3 is 2.44 bits per heavy atom. The molecule has 0 saturated heterocycles. The smallest absolute Gasteiger partial charge is 0.296 e. The summed E-state index contributed by atoms with van der Waals surface area (Å²) in [6.45, 7) is 4.99. The Balaban J connectivity index is 2.18. The van der Waals surface area contributed by atoms with Gasteiger partial charge >= 0.3 is 0 Å². The van der Waals surface area contributed by atoms with Crippen LogP contribution in [0, 0.1) is 12.7 Å². The maximum atomic E-state index is 13.4. The van der Waals surface area contributed by atoms with Crippen LogP contribution in [0.25, 0.3) is 0 Å². The summed E-state index contributed by atoms with van der Waals surface area (Å²) in [5.74, 6) is -2.85. The first-order valence-electron chi connectivity index (χ1n) is 9.61. The molecule has 0 spiro atoms. The third-order valence-corrected chi connectivity index (χ3v) is 5.13. The number of nitrogens with zero attached hydrogens (tertiary/aromatic N) is 4. The van der Waals surface area contributed by atoms with Crippen molar-refractivity contribution in [2.24, 2.45) is 12.8 Å². The molecule has 3 rings (SSSR count). The number of aromatic amines is 1. The van der Waals surface area contributed by atoms with E-state index >= 15 is 0 Å². The van der Waals surface area contributed by atoms with Crippen LogP contribution in [0.3, 0.4) is 0 Å². The van der Waals surface area contributed by atoms with E-state index < -0.39 is 40.2 Å². The van der Waals surface area contributed by atoms with Gasteiger partial charge in [0.25, 0.3) is 17.4 Å². The van der Waals surface area contributed by atoms with E-state index in [0.29, 0.717) is 11.3 Å². The number of imidazole rings is 1. The molecule has 0 saturated carbocycles. The molecule has 10 nitrogen and oxygen atoms in total. The molecule has 0 bridgehead atoms. The van der Waals surface area contributed by atoms with Gasteiger partial charge in [0, 0.05) is 25.5 Å². The van der Waals surface area contributed by atoms with Crippen molar-refractivity contribution < 1.29 is 19.1 Å². The van der Waals surface area contributed by atoms with Gasteiger partial charge in [0.2, 0.25) is 5.75 Å². The van der Waals surface area contributed by atoms with E-state index in [1.165, 1.54) is 42.4 Å². The van der Waals surface area contributed by atoms with Gasteiger partial charge in [0.15, 0.2) is 11.5 Å². The van der Waals surface area contributed by atoms with E-state index in [4.69, 9.17) is 5.73 Å². The first-order chi connectivity index (χ1) is 14.9. The van der Waals surface area contributed by atoms with E-state index in [1.54, 1.807) is 20.8 Å². The quantitative estimate of drug-likeness (QED) is 0.525. The van der Waals surface area contributed by atoms with Crippen molar-refractivity contribution in [1.29, 1.82) is 0 Å². The topological polar surface area (TPSA) is 147 Å². The molecule has 32 heavy (non-hydrogen) atoms. The third-order valence-electron chi connectivity index (χ3n) is 5.13. The highest BCUT2D eigenvalue weighted by Crippen LogP contribution is 2.30. The number of hydrogen-bond donors (Lipinski definition) is 3. The van der Waals surface area contributed by atoms with Crippen LogP contribution in [-0.2, 0) is 19.1 Å². The van der Waals surface area contributed by atoms with Crippen LogP contribution in [-0.4, -0.2) is 41.3 Å². The van der Waals surface area contributed by atoms with Crippen molar-refractivity contribution in [2.75, 3.05) is 0 Å². The van der Waals surface area contributed by atoms with Gasteiger partial charge in [-0.25, -0.2) is 14.4 Å². The number of nitrogens with one attached hydrogen (secondary N) is 1. The lowest BCUT2D eigenvalue weighted by Gasteiger charge is -2.38. The standard InChI is InChI=1S/C21H23FN6O4/c1-11-9-24-17(25-11)19(32)28(10-12-5-7-13(22)8-6-12)21(2,3)20-26-14(16(23)30)15(29)18(31)27(20)4/h5-9,29H,10H2,1-4H3,(H2,23,30)(H,24,25). The SMILES string of the molecule is Cc1cnc(C(=O)N(Cc2ccc(F)cc2)C(C)(C)c2nc(C(N)=O)c(O)c(=O)n2C)[nH]1. The molecule has 2 amide bonds. The van der Waals surface area contributed by atoms with E-state index in [9.17, 15) is 23.9 Å². The predicted molar refractivity (Wildman–Crippen MR) is 112 cm³/mol. The molecule has 0 aliphatic heterocycles. The van der Waals surface area contributed by atoms with Gasteiger partial charge in [0.05, 0.1) is 5.54 Å². The normalized spacial score (nSPS) is 11.4. The van der Waals surface area contributed by atoms with E-state index in [-0.39, 0.29) is 18.2 Å². The average molecular weight is 442 g/mol. The summed E-state index contributed by atoms with van der Waals surface area (Å²) < 4.78 is 14.4. The fourth-order valence-corrected chi connectivity index (χ4v) is 3.37. The zero-order chi connectivity index (χ0) is 23.8. The number of aromatic hydroxyl groups is 1. The summed E-state index contributed by atoms with van der Waals surface area (Å²) in [5, 5.41) is 10.0. The lowest BCUT2D eigenvalue weighted by Crippen LogP contribution is -2.49. The largest absolute Gasteiger partial charge is 0.501 e. The minimum absolute atomic E-state index is 0.00726. The van der Waals surface area contributed by atoms with Gasteiger partial charge in [-0.1, -0.05) is 12.1 Å². The number of H-pyrrole nitrogens is 1. The van der Waals surface area contributed by atoms with Crippen LogP contribution >= 0.6 is 0 Å². The van der Waals surface area contributed by atoms with Crippen molar-refractivity contribution >= 4 is 11.8 Å². The molecule has 0 radical (unpaired) electrons. The van der Waals surface area contributed by atoms with Gasteiger partial charge in [-0.05, 0) is 38.5 Å². The second-order valence-electron chi connectivity index (χ2n) is 7.85. The van der Waals surface area contributed by atoms with Gasteiger partial charge < -0.3 is 20.7 Å². The minimum Gasteiger partial charge on any atom is -0.501 e.